The summed E-state index contributed by atoms with van der Waals surface area (Å²) >= 11 is 0. The molecule has 0 radical (unpaired) electrons. The van der Waals surface area contributed by atoms with Gasteiger partial charge in [-0.2, -0.15) is 5.26 Å². The van der Waals surface area contributed by atoms with Gasteiger partial charge in [-0.25, -0.2) is 9.78 Å². The van der Waals surface area contributed by atoms with Crippen LogP contribution in [0, 0.1) is 11.3 Å². The van der Waals surface area contributed by atoms with Crippen molar-refractivity contribution in [3.63, 3.8) is 0 Å². The molecule has 1 aromatic carbocycles. The Morgan fingerprint density at radius 3 is 2.45 bits per heavy atom. The van der Waals surface area contributed by atoms with E-state index in [1.165, 1.54) is 10.6 Å². The average Bonchev–Trinajstić information content (AvgIpc) is 3.00. The fraction of sp³-hybridized carbons (Fsp3) is 0.258. The highest BCUT2D eigenvalue weighted by atomic mass is 16.2. The Balaban J connectivity index is 1.31. The van der Waals surface area contributed by atoms with Crippen LogP contribution in [0.4, 0.5) is 16.3 Å². The van der Waals surface area contributed by atoms with E-state index in [2.05, 4.69) is 26.7 Å². The van der Waals surface area contributed by atoms with Crippen molar-refractivity contribution >= 4 is 17.5 Å². The zero-order valence-corrected chi connectivity index (χ0v) is 22.3. The Bertz CT molecular complexity index is 1540. The number of pyridine rings is 3. The first-order chi connectivity index (χ1) is 19.5. The summed E-state index contributed by atoms with van der Waals surface area (Å²) in [5.41, 5.74) is 3.76. The fourth-order valence-corrected chi connectivity index (χ4v) is 5.03. The monoisotopic (exact) mass is 533 g/mol. The van der Waals surface area contributed by atoms with Crippen molar-refractivity contribution in [1.29, 1.82) is 5.26 Å². The number of nitrogens with zero attached hydrogens (tertiary/aromatic N) is 5. The number of nitrogens with one attached hydrogen (secondary N) is 2. The van der Waals surface area contributed by atoms with Gasteiger partial charge >= 0.3 is 6.03 Å². The molecule has 0 unspecified atom stereocenters. The zero-order chi connectivity index (χ0) is 27.9. The van der Waals surface area contributed by atoms with Gasteiger partial charge in [0.15, 0.2) is 0 Å². The lowest BCUT2D eigenvalue weighted by Gasteiger charge is -2.37. The minimum atomic E-state index is -0.161. The number of rotatable bonds is 7. The number of anilines is 2. The second-order valence-corrected chi connectivity index (χ2v) is 9.98. The van der Waals surface area contributed by atoms with Gasteiger partial charge in [0.05, 0.1) is 23.1 Å². The van der Waals surface area contributed by atoms with Gasteiger partial charge in [-0.1, -0.05) is 30.3 Å². The molecule has 3 heterocycles. The number of benzene rings is 1. The van der Waals surface area contributed by atoms with Crippen LogP contribution in [-0.2, 0) is 13.6 Å². The van der Waals surface area contributed by atoms with Crippen molar-refractivity contribution in [3.8, 4) is 17.3 Å². The quantitative estimate of drug-likeness (QED) is 0.351. The smallest absolute Gasteiger partial charge is 0.322 e. The Morgan fingerprint density at radius 1 is 1.00 bits per heavy atom. The van der Waals surface area contributed by atoms with Gasteiger partial charge in [0.2, 0.25) is 5.56 Å². The second-order valence-electron chi connectivity index (χ2n) is 9.98. The van der Waals surface area contributed by atoms with Crippen molar-refractivity contribution in [2.24, 2.45) is 7.05 Å². The molecule has 0 aliphatic heterocycles. The molecule has 0 spiro atoms. The van der Waals surface area contributed by atoms with E-state index in [0.717, 1.165) is 54.0 Å². The molecule has 9 nitrogen and oxygen atoms in total. The van der Waals surface area contributed by atoms with E-state index in [4.69, 9.17) is 5.26 Å². The van der Waals surface area contributed by atoms with Crippen LogP contribution >= 0.6 is 0 Å². The molecule has 5 rings (SSSR count). The first-order valence-corrected chi connectivity index (χ1v) is 13.4. The van der Waals surface area contributed by atoms with Gasteiger partial charge in [-0.3, -0.25) is 14.7 Å². The van der Waals surface area contributed by atoms with Crippen molar-refractivity contribution < 1.29 is 4.79 Å². The van der Waals surface area contributed by atoms with Crippen molar-refractivity contribution in [1.82, 2.24) is 19.9 Å². The molecule has 40 heavy (non-hydrogen) atoms. The highest BCUT2D eigenvalue weighted by molar-refractivity contribution is 5.92. The minimum absolute atomic E-state index is 0.00736. The van der Waals surface area contributed by atoms with Crippen LogP contribution in [0.1, 0.15) is 36.8 Å². The molecule has 0 bridgehead atoms. The molecule has 1 aliphatic carbocycles. The Labute approximate surface area is 233 Å². The van der Waals surface area contributed by atoms with E-state index in [1.807, 2.05) is 53.4 Å². The molecule has 1 saturated carbocycles. The third-order valence-corrected chi connectivity index (χ3v) is 7.22. The predicted molar refractivity (Wildman–Crippen MR) is 155 cm³/mol. The second kappa shape index (κ2) is 12.3. The standard InChI is InChI=1S/C31H31N7O2/c1-37-21-24(8-16-30(37)39)28-14-13-27(20-33-28)38(31(40)35-18-22-5-3-2-4-6-22)26-11-9-25(10-12-26)36-29-15-7-23(17-32)19-34-29/h2-8,13-16,19-21,25-26H,9-12,18H2,1H3,(H,34,36)(H,35,40). The van der Waals surface area contributed by atoms with Crippen LogP contribution < -0.4 is 21.1 Å². The van der Waals surface area contributed by atoms with Crippen LogP contribution in [-0.4, -0.2) is 32.6 Å². The Morgan fingerprint density at radius 2 is 1.80 bits per heavy atom. The fourth-order valence-electron chi connectivity index (χ4n) is 5.03. The number of urea groups is 1. The summed E-state index contributed by atoms with van der Waals surface area (Å²) in [5, 5.41) is 15.6. The number of hydrogen-bond donors (Lipinski definition) is 2. The molecular formula is C31H31N7O2. The van der Waals surface area contributed by atoms with E-state index in [1.54, 1.807) is 37.8 Å². The van der Waals surface area contributed by atoms with E-state index in [0.29, 0.717) is 12.1 Å². The van der Waals surface area contributed by atoms with Crippen molar-refractivity contribution in [2.45, 2.75) is 44.3 Å². The molecule has 0 atom stereocenters. The number of aromatic nitrogens is 3. The maximum Gasteiger partial charge on any atom is 0.322 e. The Hall–Kier alpha value is -4.97. The van der Waals surface area contributed by atoms with Crippen LogP contribution in [0.5, 0.6) is 0 Å². The van der Waals surface area contributed by atoms with Gasteiger partial charge in [-0.05, 0) is 61.6 Å². The lowest BCUT2D eigenvalue weighted by molar-refractivity contribution is 0.240. The summed E-state index contributed by atoms with van der Waals surface area (Å²) < 4.78 is 1.52. The molecule has 2 N–H and O–H groups in total. The molecule has 9 heteroatoms. The zero-order valence-electron chi connectivity index (χ0n) is 22.3. The van der Waals surface area contributed by atoms with Crippen LogP contribution in [0.25, 0.3) is 11.3 Å². The summed E-state index contributed by atoms with van der Waals surface area (Å²) in [6.45, 7) is 0.432. The predicted octanol–water partition coefficient (Wildman–Crippen LogP) is 4.85. The topological polar surface area (TPSA) is 116 Å². The largest absolute Gasteiger partial charge is 0.367 e. The molecule has 4 aromatic rings. The lowest BCUT2D eigenvalue weighted by Crippen LogP contribution is -2.48. The number of aryl methyl sites for hydroxylation is 1. The summed E-state index contributed by atoms with van der Waals surface area (Å²) in [6.07, 6.45) is 8.43. The molecule has 0 saturated heterocycles. The van der Waals surface area contributed by atoms with Crippen LogP contribution in [0.3, 0.4) is 0 Å². The lowest BCUT2D eigenvalue weighted by atomic mass is 9.90. The SMILES string of the molecule is Cn1cc(-c2ccc(N(C(=O)NCc3ccccc3)C3CCC(Nc4ccc(C#N)cn4)CC3)cn2)ccc1=O. The number of amides is 2. The van der Waals surface area contributed by atoms with Crippen molar-refractivity contribution in [2.75, 3.05) is 10.2 Å². The molecule has 2 amide bonds. The van der Waals surface area contributed by atoms with Crippen molar-refractivity contribution in [3.05, 3.63) is 107 Å². The van der Waals surface area contributed by atoms with Gasteiger partial charge in [0.1, 0.15) is 11.9 Å². The minimum Gasteiger partial charge on any atom is -0.367 e. The number of nitriles is 1. The van der Waals surface area contributed by atoms with Gasteiger partial charge in [-0.15, -0.1) is 0 Å². The maximum atomic E-state index is 13.6. The summed E-state index contributed by atoms with van der Waals surface area (Å²) in [5.74, 6) is 0.748. The number of carbonyl (C=O) groups excluding carboxylic acids is 1. The maximum absolute atomic E-state index is 13.6. The molecule has 1 fully saturated rings. The Kier molecular flexibility index (Phi) is 8.16. The number of hydrogen-bond acceptors (Lipinski definition) is 6. The van der Waals surface area contributed by atoms with Gasteiger partial charge in [0, 0.05) is 49.7 Å². The molecule has 3 aromatic heterocycles. The normalized spacial score (nSPS) is 16.5. The first kappa shape index (κ1) is 26.6. The summed E-state index contributed by atoms with van der Waals surface area (Å²) in [7, 11) is 1.71. The highest BCUT2D eigenvalue weighted by Crippen LogP contribution is 2.30. The van der Waals surface area contributed by atoms with E-state index in [-0.39, 0.29) is 23.7 Å². The van der Waals surface area contributed by atoms with E-state index in [9.17, 15) is 9.59 Å². The van der Waals surface area contributed by atoms with E-state index < -0.39 is 0 Å². The third-order valence-electron chi connectivity index (χ3n) is 7.22. The molecular weight excluding hydrogens is 502 g/mol. The first-order valence-electron chi connectivity index (χ1n) is 13.4. The number of carbonyl (C=O) groups is 1. The van der Waals surface area contributed by atoms with Crippen LogP contribution in [0.15, 0.2) is 90.1 Å². The summed E-state index contributed by atoms with van der Waals surface area (Å²) in [6, 6.07) is 22.7. The van der Waals surface area contributed by atoms with Gasteiger partial charge < -0.3 is 15.2 Å². The van der Waals surface area contributed by atoms with E-state index >= 15 is 0 Å². The third kappa shape index (κ3) is 6.35. The summed E-state index contributed by atoms with van der Waals surface area (Å²) in [4.78, 5) is 36.2. The van der Waals surface area contributed by atoms with Crippen LogP contribution in [0.2, 0.25) is 0 Å². The highest BCUT2D eigenvalue weighted by Gasteiger charge is 2.30. The molecule has 202 valence electrons. The van der Waals surface area contributed by atoms with Gasteiger partial charge in [0.25, 0.3) is 0 Å². The average molecular weight is 534 g/mol. The molecule has 1 aliphatic rings.